The third-order valence-corrected chi connectivity index (χ3v) is 2.24. The van der Waals surface area contributed by atoms with Crippen molar-refractivity contribution in [2.45, 2.75) is 4.90 Å². The average molecular weight is 199 g/mol. The lowest BCUT2D eigenvalue weighted by Crippen LogP contribution is -2.00. The van der Waals surface area contributed by atoms with Gasteiger partial charge in [0.15, 0.2) is 0 Å². The summed E-state index contributed by atoms with van der Waals surface area (Å²) in [6.45, 7) is 0. The Kier molecular flexibility index (Phi) is 3.37. The molecule has 0 saturated heterocycles. The Morgan fingerprint density at radius 3 is 2.42 bits per heavy atom. The van der Waals surface area contributed by atoms with Crippen molar-refractivity contribution in [2.24, 2.45) is 5.73 Å². The van der Waals surface area contributed by atoms with Crippen LogP contribution in [0, 0.1) is 0 Å². The van der Waals surface area contributed by atoms with Crippen molar-refractivity contribution in [1.82, 2.24) is 0 Å². The predicted octanol–water partition coefficient (Wildman–Crippen LogP) is 2.03. The summed E-state index contributed by atoms with van der Waals surface area (Å²) in [7, 11) is 1.63. The Labute approximate surface area is 81.1 Å². The second kappa shape index (κ2) is 4.33. The molecular weight excluding hydrogens is 190 g/mol. The average Bonchev–Trinajstić information content (AvgIpc) is 2.05. The smallest absolute Gasteiger partial charge is 0.135 e. The fourth-order valence-electron chi connectivity index (χ4n) is 0.760. The van der Waals surface area contributed by atoms with Gasteiger partial charge in [-0.2, -0.15) is 0 Å². The van der Waals surface area contributed by atoms with Crippen LogP contribution in [-0.2, 0) is 0 Å². The summed E-state index contributed by atoms with van der Waals surface area (Å²) in [6, 6.07) is 7.59. The van der Waals surface area contributed by atoms with Gasteiger partial charge in [0, 0.05) is 4.90 Å². The molecule has 1 aromatic carbocycles. The minimum Gasteiger partial charge on any atom is -0.497 e. The summed E-state index contributed by atoms with van der Waals surface area (Å²) in [5.41, 5.74) is 5.36. The minimum atomic E-state index is 0.431. The van der Waals surface area contributed by atoms with Crippen molar-refractivity contribution in [2.75, 3.05) is 7.11 Å². The molecule has 0 atom stereocenters. The van der Waals surface area contributed by atoms with Crippen molar-refractivity contribution in [3.05, 3.63) is 24.3 Å². The predicted molar refractivity (Wildman–Crippen MR) is 55.6 cm³/mol. The molecule has 0 spiro atoms. The van der Waals surface area contributed by atoms with Crippen LogP contribution in [0.1, 0.15) is 0 Å². The Morgan fingerprint density at radius 2 is 2.00 bits per heavy atom. The van der Waals surface area contributed by atoms with E-state index < -0.39 is 0 Å². The molecule has 0 aromatic heterocycles. The number of thiocarbonyl (C=S) groups is 1. The maximum absolute atomic E-state index is 5.36. The highest BCUT2D eigenvalue weighted by molar-refractivity contribution is 8.22. The molecule has 64 valence electrons. The molecule has 0 amide bonds. The Hall–Kier alpha value is -0.740. The zero-order chi connectivity index (χ0) is 8.97. The summed E-state index contributed by atoms with van der Waals surface area (Å²) in [4.78, 5) is 1.03. The van der Waals surface area contributed by atoms with Crippen LogP contribution in [0.2, 0.25) is 0 Å². The maximum Gasteiger partial charge on any atom is 0.135 e. The van der Waals surface area contributed by atoms with Crippen LogP contribution in [0.25, 0.3) is 0 Å². The molecule has 0 aliphatic carbocycles. The number of ether oxygens (including phenoxy) is 1. The molecule has 4 heteroatoms. The van der Waals surface area contributed by atoms with Crippen LogP contribution >= 0.6 is 24.0 Å². The number of hydrogen-bond acceptors (Lipinski definition) is 3. The third kappa shape index (κ3) is 2.71. The molecule has 0 aliphatic heterocycles. The highest BCUT2D eigenvalue weighted by Crippen LogP contribution is 2.20. The lowest BCUT2D eigenvalue weighted by Gasteiger charge is -2.00. The summed E-state index contributed by atoms with van der Waals surface area (Å²) in [6.07, 6.45) is 0. The van der Waals surface area contributed by atoms with Gasteiger partial charge in [0.2, 0.25) is 0 Å². The van der Waals surface area contributed by atoms with Gasteiger partial charge >= 0.3 is 0 Å². The Morgan fingerprint density at radius 1 is 1.42 bits per heavy atom. The number of rotatable bonds is 2. The Bertz CT molecular complexity index is 271. The molecule has 0 saturated carbocycles. The number of hydrogen-bond donors (Lipinski definition) is 1. The lowest BCUT2D eigenvalue weighted by atomic mass is 10.3. The van der Waals surface area contributed by atoms with Gasteiger partial charge < -0.3 is 10.5 Å². The van der Waals surface area contributed by atoms with Gasteiger partial charge in [-0.05, 0) is 24.3 Å². The van der Waals surface area contributed by atoms with Gasteiger partial charge in [-0.15, -0.1) is 0 Å². The van der Waals surface area contributed by atoms with E-state index in [1.54, 1.807) is 7.11 Å². The lowest BCUT2D eigenvalue weighted by molar-refractivity contribution is 0.414. The number of thioether (sulfide) groups is 1. The summed E-state index contributed by atoms with van der Waals surface area (Å²) in [5, 5.41) is 0. The molecule has 0 unspecified atom stereocenters. The molecule has 0 radical (unpaired) electrons. The van der Waals surface area contributed by atoms with Gasteiger partial charge in [0.05, 0.1) is 7.11 Å². The van der Waals surface area contributed by atoms with Crippen molar-refractivity contribution in [3.63, 3.8) is 0 Å². The molecule has 0 aliphatic rings. The summed E-state index contributed by atoms with van der Waals surface area (Å²) >= 11 is 6.12. The van der Waals surface area contributed by atoms with E-state index in [9.17, 15) is 0 Å². The zero-order valence-electron chi connectivity index (χ0n) is 6.61. The van der Waals surface area contributed by atoms with Gasteiger partial charge in [0.1, 0.15) is 10.1 Å². The molecule has 2 nitrogen and oxygen atoms in total. The monoisotopic (exact) mass is 199 g/mol. The van der Waals surface area contributed by atoms with Crippen LogP contribution in [0.4, 0.5) is 0 Å². The van der Waals surface area contributed by atoms with Crippen LogP contribution < -0.4 is 10.5 Å². The first-order valence-corrected chi connectivity index (χ1v) is 4.56. The summed E-state index contributed by atoms with van der Waals surface area (Å²) in [5.74, 6) is 0.835. The fourth-order valence-corrected chi connectivity index (χ4v) is 1.55. The van der Waals surface area contributed by atoms with Gasteiger partial charge in [-0.25, -0.2) is 0 Å². The van der Waals surface area contributed by atoms with Crippen molar-refractivity contribution >= 4 is 28.3 Å². The molecule has 1 rings (SSSR count). The first kappa shape index (κ1) is 9.35. The highest BCUT2D eigenvalue weighted by atomic mass is 32.2. The molecule has 2 N–H and O–H groups in total. The van der Waals surface area contributed by atoms with Crippen molar-refractivity contribution in [3.8, 4) is 5.75 Å². The van der Waals surface area contributed by atoms with Crippen LogP contribution in [-0.4, -0.2) is 11.4 Å². The van der Waals surface area contributed by atoms with E-state index in [0.29, 0.717) is 4.32 Å². The van der Waals surface area contributed by atoms with Crippen LogP contribution in [0.15, 0.2) is 29.2 Å². The molecule has 0 bridgehead atoms. The molecular formula is C8H9NOS2. The highest BCUT2D eigenvalue weighted by Gasteiger charge is 1.95. The second-order valence-electron chi connectivity index (χ2n) is 2.10. The van der Waals surface area contributed by atoms with E-state index in [2.05, 4.69) is 0 Å². The molecule has 12 heavy (non-hydrogen) atoms. The number of benzene rings is 1. The topological polar surface area (TPSA) is 35.2 Å². The SMILES string of the molecule is COc1ccc(SC(N)=S)cc1. The van der Waals surface area contributed by atoms with Crippen LogP contribution in [0.3, 0.4) is 0 Å². The Balaban J connectivity index is 2.71. The quantitative estimate of drug-likeness (QED) is 0.584. The van der Waals surface area contributed by atoms with Gasteiger partial charge in [-0.1, -0.05) is 24.0 Å². The fraction of sp³-hybridized carbons (Fsp3) is 0.125. The van der Waals surface area contributed by atoms with E-state index in [-0.39, 0.29) is 0 Å². The van der Waals surface area contributed by atoms with Crippen molar-refractivity contribution < 1.29 is 4.74 Å². The van der Waals surface area contributed by atoms with E-state index >= 15 is 0 Å². The second-order valence-corrected chi connectivity index (χ2v) is 3.91. The normalized spacial score (nSPS) is 9.42. The van der Waals surface area contributed by atoms with E-state index in [0.717, 1.165) is 10.6 Å². The van der Waals surface area contributed by atoms with Crippen molar-refractivity contribution in [1.29, 1.82) is 0 Å². The van der Waals surface area contributed by atoms with Gasteiger partial charge in [0.25, 0.3) is 0 Å². The first-order chi connectivity index (χ1) is 5.72. The van der Waals surface area contributed by atoms with Gasteiger partial charge in [-0.3, -0.25) is 0 Å². The zero-order valence-corrected chi connectivity index (χ0v) is 8.24. The number of methoxy groups -OCH3 is 1. The maximum atomic E-state index is 5.36. The minimum absolute atomic E-state index is 0.431. The first-order valence-electron chi connectivity index (χ1n) is 3.33. The third-order valence-electron chi connectivity index (χ3n) is 1.28. The molecule has 0 fully saturated rings. The van der Waals surface area contributed by atoms with E-state index in [1.165, 1.54) is 11.8 Å². The number of nitrogens with two attached hydrogens (primary N) is 1. The van der Waals surface area contributed by atoms with E-state index in [4.69, 9.17) is 22.7 Å². The summed E-state index contributed by atoms with van der Waals surface area (Å²) < 4.78 is 5.43. The molecule has 1 aromatic rings. The molecule has 0 heterocycles. The largest absolute Gasteiger partial charge is 0.497 e. The van der Waals surface area contributed by atoms with E-state index in [1.807, 2.05) is 24.3 Å². The standard InChI is InChI=1S/C8H9NOS2/c1-10-6-2-4-7(5-3-6)12-8(9)11/h2-5H,1H3,(H2,9,11). The van der Waals surface area contributed by atoms with Crippen LogP contribution in [0.5, 0.6) is 5.75 Å².